The van der Waals surface area contributed by atoms with Gasteiger partial charge in [0.05, 0.1) is 0 Å². The van der Waals surface area contributed by atoms with E-state index in [-0.39, 0.29) is 0 Å². The zero-order valence-corrected chi connectivity index (χ0v) is 5.54. The van der Waals surface area contributed by atoms with Crippen LogP contribution in [0.1, 0.15) is 19.8 Å². The maximum absolute atomic E-state index is 9.04. The lowest BCUT2D eigenvalue weighted by Gasteiger charge is -2.18. The Hall–Kier alpha value is -0.570. The van der Waals surface area contributed by atoms with Gasteiger partial charge in [0.2, 0.25) is 0 Å². The second-order valence-corrected chi connectivity index (χ2v) is 2.50. The number of nitrogens with two attached hydrogens (primary N) is 1. The molecule has 0 amide bonds. The third kappa shape index (κ3) is 1.42. The number of aliphatic hydroxyl groups is 1. The van der Waals surface area contributed by atoms with Gasteiger partial charge < -0.3 is 10.8 Å². The molecule has 0 saturated heterocycles. The van der Waals surface area contributed by atoms with Crippen molar-refractivity contribution >= 4 is 5.84 Å². The Bertz CT molecular complexity index is 133. The molecule has 1 aliphatic heterocycles. The summed E-state index contributed by atoms with van der Waals surface area (Å²) in [7, 11) is 0. The van der Waals surface area contributed by atoms with Gasteiger partial charge in [0.15, 0.2) is 0 Å². The van der Waals surface area contributed by atoms with E-state index in [1.165, 1.54) is 0 Å². The maximum atomic E-state index is 9.04. The highest BCUT2D eigenvalue weighted by molar-refractivity contribution is 5.85. The summed E-state index contributed by atoms with van der Waals surface area (Å²) in [5.74, 6) is 0.397. The average Bonchev–Trinajstić information content (AvgIpc) is 1.80. The van der Waals surface area contributed by atoms with Gasteiger partial charge in [-0.1, -0.05) is 0 Å². The molecule has 0 bridgehead atoms. The van der Waals surface area contributed by atoms with Gasteiger partial charge in [-0.2, -0.15) is 0 Å². The second kappa shape index (κ2) is 2.35. The number of nitrogens with zero attached hydrogens (tertiary/aromatic N) is 1. The second-order valence-electron chi connectivity index (χ2n) is 2.50. The zero-order chi connectivity index (χ0) is 6.85. The van der Waals surface area contributed by atoms with E-state index in [1.54, 1.807) is 0 Å². The molecule has 1 aliphatic rings. The van der Waals surface area contributed by atoms with Crippen molar-refractivity contribution in [2.24, 2.45) is 10.7 Å². The monoisotopic (exact) mass is 128 g/mol. The fourth-order valence-electron chi connectivity index (χ4n) is 0.952. The first-order valence-corrected chi connectivity index (χ1v) is 3.21. The van der Waals surface area contributed by atoms with Gasteiger partial charge in [-0.05, 0) is 19.8 Å². The fourth-order valence-corrected chi connectivity index (χ4v) is 0.952. The summed E-state index contributed by atoms with van der Waals surface area (Å²) < 4.78 is 0. The van der Waals surface area contributed by atoms with E-state index in [4.69, 9.17) is 10.8 Å². The molecule has 0 aromatic rings. The smallest absolute Gasteiger partial charge is 0.123 e. The van der Waals surface area contributed by atoms with Gasteiger partial charge in [0.25, 0.3) is 0 Å². The molecule has 0 radical (unpaired) electrons. The van der Waals surface area contributed by atoms with Crippen LogP contribution in [0.15, 0.2) is 4.99 Å². The molecule has 3 N–H and O–H groups in total. The first kappa shape index (κ1) is 6.55. The lowest BCUT2D eigenvalue weighted by atomic mass is 10.1. The minimum atomic E-state index is -0.485. The molecule has 0 fully saturated rings. The van der Waals surface area contributed by atoms with Gasteiger partial charge in [0.1, 0.15) is 11.9 Å². The minimum absolute atomic E-state index is 0.299. The molecule has 3 heteroatoms. The molecule has 9 heavy (non-hydrogen) atoms. The lowest BCUT2D eigenvalue weighted by molar-refractivity contribution is 0.214. The van der Waals surface area contributed by atoms with Gasteiger partial charge in [-0.3, -0.25) is 4.99 Å². The van der Waals surface area contributed by atoms with Crippen molar-refractivity contribution in [3.8, 4) is 0 Å². The van der Waals surface area contributed by atoms with Crippen LogP contribution in [0.5, 0.6) is 0 Å². The minimum Gasteiger partial charge on any atom is -0.385 e. The fraction of sp³-hybridized carbons (Fsp3) is 0.833. The van der Waals surface area contributed by atoms with Gasteiger partial charge in [0, 0.05) is 6.04 Å². The van der Waals surface area contributed by atoms with E-state index in [1.807, 2.05) is 6.92 Å². The number of aliphatic imine (C=N–C) groups is 1. The van der Waals surface area contributed by atoms with Crippen LogP contribution in [0.4, 0.5) is 0 Å². The van der Waals surface area contributed by atoms with E-state index >= 15 is 0 Å². The predicted octanol–water partition coefficient (Wildman–Crippen LogP) is -0.113. The van der Waals surface area contributed by atoms with Crippen molar-refractivity contribution in [2.75, 3.05) is 0 Å². The molecule has 0 aliphatic carbocycles. The quantitative estimate of drug-likeness (QED) is 0.478. The Kier molecular flexibility index (Phi) is 1.71. The molecular formula is C6H12N2O. The van der Waals surface area contributed by atoms with Crippen molar-refractivity contribution in [3.63, 3.8) is 0 Å². The van der Waals surface area contributed by atoms with E-state index in [0.29, 0.717) is 11.9 Å². The summed E-state index contributed by atoms with van der Waals surface area (Å²) in [6.45, 7) is 2.00. The zero-order valence-electron chi connectivity index (χ0n) is 5.54. The average molecular weight is 128 g/mol. The van der Waals surface area contributed by atoms with Gasteiger partial charge in [-0.15, -0.1) is 0 Å². The van der Waals surface area contributed by atoms with Crippen LogP contribution >= 0.6 is 0 Å². The highest BCUT2D eigenvalue weighted by atomic mass is 16.3. The molecule has 0 spiro atoms. The Balaban J connectivity index is 2.61. The van der Waals surface area contributed by atoms with Crippen molar-refractivity contribution in [2.45, 2.75) is 31.9 Å². The molecule has 0 aromatic heterocycles. The molecule has 1 rings (SSSR count). The van der Waals surface area contributed by atoms with Crippen molar-refractivity contribution in [1.29, 1.82) is 0 Å². The number of hydrogen-bond donors (Lipinski definition) is 2. The van der Waals surface area contributed by atoms with Crippen molar-refractivity contribution in [1.82, 2.24) is 0 Å². The molecular weight excluding hydrogens is 116 g/mol. The van der Waals surface area contributed by atoms with Crippen LogP contribution < -0.4 is 5.73 Å². The molecule has 0 unspecified atom stereocenters. The normalized spacial score (nSPS) is 36.0. The third-order valence-corrected chi connectivity index (χ3v) is 1.57. The number of rotatable bonds is 0. The van der Waals surface area contributed by atoms with Crippen LogP contribution in [0.25, 0.3) is 0 Å². The topological polar surface area (TPSA) is 58.6 Å². The van der Waals surface area contributed by atoms with Gasteiger partial charge >= 0.3 is 0 Å². The van der Waals surface area contributed by atoms with E-state index in [9.17, 15) is 0 Å². The molecule has 52 valence electrons. The highest BCUT2D eigenvalue weighted by Crippen LogP contribution is 2.10. The van der Waals surface area contributed by atoms with E-state index in [2.05, 4.69) is 4.99 Å². The number of aliphatic hydroxyl groups excluding tert-OH is 1. The number of hydrogen-bond acceptors (Lipinski definition) is 3. The van der Waals surface area contributed by atoms with Crippen LogP contribution in [0.2, 0.25) is 0 Å². The van der Waals surface area contributed by atoms with Crippen molar-refractivity contribution in [3.05, 3.63) is 0 Å². The van der Waals surface area contributed by atoms with E-state index in [0.717, 1.165) is 12.8 Å². The van der Waals surface area contributed by atoms with Crippen LogP contribution in [-0.4, -0.2) is 23.1 Å². The molecule has 0 saturated carbocycles. The summed E-state index contributed by atoms with van der Waals surface area (Å²) in [6.07, 6.45) is 1.22. The predicted molar refractivity (Wildman–Crippen MR) is 36.3 cm³/mol. The number of amidine groups is 1. The Morgan fingerprint density at radius 1 is 1.67 bits per heavy atom. The third-order valence-electron chi connectivity index (χ3n) is 1.57. The Morgan fingerprint density at radius 3 is 2.78 bits per heavy atom. The van der Waals surface area contributed by atoms with E-state index < -0.39 is 6.10 Å². The molecule has 3 nitrogen and oxygen atoms in total. The summed E-state index contributed by atoms with van der Waals surface area (Å²) in [6, 6.07) is 0.299. The van der Waals surface area contributed by atoms with Crippen LogP contribution in [0, 0.1) is 0 Å². The summed E-state index contributed by atoms with van der Waals surface area (Å²) >= 11 is 0. The summed E-state index contributed by atoms with van der Waals surface area (Å²) in [4.78, 5) is 4.01. The standard InChI is InChI=1S/C6H12N2O/c1-4-2-3-5(9)6(7)8-4/h4-5,9H,2-3H2,1H3,(H2,7,8)/t4-,5+/m1/s1. The largest absolute Gasteiger partial charge is 0.385 e. The molecule has 1 heterocycles. The SMILES string of the molecule is C[C@@H]1CC[C@H](O)C(N)=N1. The van der Waals surface area contributed by atoms with Crippen LogP contribution in [0.3, 0.4) is 0 Å². The maximum Gasteiger partial charge on any atom is 0.123 e. The lowest BCUT2D eigenvalue weighted by Crippen LogP contribution is -2.34. The summed E-state index contributed by atoms with van der Waals surface area (Å²) in [5.41, 5.74) is 5.37. The highest BCUT2D eigenvalue weighted by Gasteiger charge is 2.16. The molecule has 2 atom stereocenters. The molecule has 0 aromatic carbocycles. The Morgan fingerprint density at radius 2 is 2.33 bits per heavy atom. The van der Waals surface area contributed by atoms with Gasteiger partial charge in [-0.25, -0.2) is 0 Å². The summed E-state index contributed by atoms with van der Waals surface area (Å²) in [5, 5.41) is 9.04. The Labute approximate surface area is 54.6 Å². The van der Waals surface area contributed by atoms with Crippen molar-refractivity contribution < 1.29 is 5.11 Å². The first-order valence-electron chi connectivity index (χ1n) is 3.21. The first-order chi connectivity index (χ1) is 4.20. The van der Waals surface area contributed by atoms with Crippen LogP contribution in [-0.2, 0) is 0 Å².